The average Bonchev–Trinajstić information content (AvgIpc) is 1.89. The van der Waals surface area contributed by atoms with Crippen LogP contribution >= 0.6 is 0 Å². The number of fused-ring (bicyclic) bond motifs is 4. The first-order chi connectivity index (χ1) is 42.7. The van der Waals surface area contributed by atoms with E-state index in [-0.39, 0.29) is 40.2 Å². The van der Waals surface area contributed by atoms with Gasteiger partial charge in [-0.05, 0) is 91.8 Å². The first-order valence-electron chi connectivity index (χ1n) is 29.3. The van der Waals surface area contributed by atoms with Gasteiger partial charge in [0.05, 0.1) is 87.0 Å². The maximum atomic E-state index is 15.9. The molecule has 0 spiro atoms. The van der Waals surface area contributed by atoms with Crippen molar-refractivity contribution in [2.45, 2.75) is 52.2 Å². The van der Waals surface area contributed by atoms with Gasteiger partial charge in [-0.3, -0.25) is 14.5 Å². The predicted molar refractivity (Wildman–Crippen MR) is 337 cm³/mol. The lowest BCUT2D eigenvalue weighted by atomic mass is 10.0. The van der Waals surface area contributed by atoms with E-state index in [1.54, 1.807) is 63.6 Å². The Morgan fingerprint density at radius 1 is 0.591 bits per heavy atom. The van der Waals surface area contributed by atoms with Gasteiger partial charge in [0.15, 0.2) is 29.5 Å². The maximum absolute atomic E-state index is 15.9. The Balaban J connectivity index is 0.000000173. The van der Waals surface area contributed by atoms with Gasteiger partial charge in [-0.1, -0.05) is 62.4 Å². The van der Waals surface area contributed by atoms with Gasteiger partial charge in [-0.2, -0.15) is 10.2 Å². The molecule has 1 atom stereocenters. The number of hydrogen-bond acceptors (Lipinski definition) is 17. The minimum Gasteiger partial charge on any atom is -0.494 e. The lowest BCUT2D eigenvalue weighted by molar-refractivity contribution is -0.0366. The summed E-state index contributed by atoms with van der Waals surface area (Å²) in [6, 6.07) is 28.2. The van der Waals surface area contributed by atoms with Gasteiger partial charge in [0.2, 0.25) is 20.0 Å². The number of nitrogens with zero attached hydrogens (tertiary/aromatic N) is 9. The van der Waals surface area contributed by atoms with Crippen LogP contribution in [0.5, 0.6) is 11.5 Å². The third-order valence-corrected chi connectivity index (χ3v) is 18.6. The number of anilines is 4. The molecule has 3 saturated heterocycles. The molecule has 0 radical (unpaired) electrons. The number of H-pyrrole nitrogens is 1. The van der Waals surface area contributed by atoms with Crippen molar-refractivity contribution in [1.29, 1.82) is 0 Å². The zero-order valence-electron chi connectivity index (χ0n) is 49.1. The largest absolute Gasteiger partial charge is 0.494 e. The van der Waals surface area contributed by atoms with Crippen molar-refractivity contribution in [2.24, 2.45) is 0 Å². The molecule has 6 aromatic carbocycles. The molecule has 88 heavy (non-hydrogen) atoms. The fourth-order valence-electron chi connectivity index (χ4n) is 11.5. The van der Waals surface area contributed by atoms with Crippen LogP contribution in [0.15, 0.2) is 109 Å². The van der Waals surface area contributed by atoms with E-state index in [4.69, 9.17) is 48.7 Å². The third-order valence-electron chi connectivity index (χ3n) is 15.7. The maximum Gasteiger partial charge on any atom is 0.232 e. The minimum atomic E-state index is -3.69. The number of nitrogens with one attached hydrogen (secondary N) is 3. The summed E-state index contributed by atoms with van der Waals surface area (Å²) in [6.45, 7) is 8.86. The molecule has 4 aromatic heterocycles. The van der Waals surface area contributed by atoms with Crippen molar-refractivity contribution in [1.82, 2.24) is 39.9 Å². The number of morpholine rings is 2. The number of hydrogen-bond donors (Lipinski definition) is 3. The molecule has 0 amide bonds. The Kier molecular flexibility index (Phi) is 17.4. The summed E-state index contributed by atoms with van der Waals surface area (Å²) in [6.07, 6.45) is 7.35. The fourth-order valence-corrected chi connectivity index (χ4v) is 13.7. The Morgan fingerprint density at radius 2 is 1.09 bits per heavy atom. The smallest absolute Gasteiger partial charge is 0.232 e. The summed E-state index contributed by atoms with van der Waals surface area (Å²) in [4.78, 5) is 24.4. The number of methoxy groups -OCH3 is 2. The molecule has 25 heteroatoms. The molecule has 3 N–H and O–H groups in total. The SMILES string of the molecule is CCCS(=O)(=O)Nc1cccc(-c2cc(OC)c3nc(-c4cccc5[nH]ncc45)nc(N4CCOCC4)c3c2)c1F.CCCS(=O)(=O)Nc1cccc(-c2cc(OC)c3nc(-c4cccc5c4cnn5C4CCCCO4)nc(N4CCOCC4)c3c2)c1F. The highest BCUT2D eigenvalue weighted by Gasteiger charge is 2.28. The molecule has 0 bridgehead atoms. The molecular formula is C63H66F2N12O9S2. The molecule has 3 aliphatic rings. The van der Waals surface area contributed by atoms with Crippen LogP contribution in [0.3, 0.4) is 0 Å². The van der Waals surface area contributed by atoms with Crippen LogP contribution in [0.1, 0.15) is 52.2 Å². The third kappa shape index (κ3) is 12.2. The Morgan fingerprint density at radius 3 is 1.59 bits per heavy atom. The average molecular weight is 1240 g/mol. The first kappa shape index (κ1) is 59.7. The molecule has 3 fully saturated rings. The highest BCUT2D eigenvalue weighted by molar-refractivity contribution is 7.92. The van der Waals surface area contributed by atoms with E-state index in [1.165, 1.54) is 19.2 Å². The van der Waals surface area contributed by atoms with Gasteiger partial charge in [0.25, 0.3) is 0 Å². The molecule has 10 aromatic rings. The zero-order chi connectivity index (χ0) is 61.1. The highest BCUT2D eigenvalue weighted by atomic mass is 32.2. The molecule has 7 heterocycles. The van der Waals surface area contributed by atoms with Gasteiger partial charge in [-0.25, -0.2) is 50.2 Å². The number of rotatable bonds is 17. The monoisotopic (exact) mass is 1240 g/mol. The zero-order valence-corrected chi connectivity index (χ0v) is 50.7. The van der Waals surface area contributed by atoms with Gasteiger partial charge in [-0.15, -0.1) is 0 Å². The summed E-state index contributed by atoms with van der Waals surface area (Å²) in [5, 5.41) is 15.0. The van der Waals surface area contributed by atoms with Crippen LogP contribution in [0.25, 0.3) is 88.6 Å². The Hall–Kier alpha value is -8.62. The predicted octanol–water partition coefficient (Wildman–Crippen LogP) is 11.1. The minimum absolute atomic E-state index is 0.102. The Bertz CT molecular complexity index is 4460. The van der Waals surface area contributed by atoms with Crippen LogP contribution in [-0.2, 0) is 34.3 Å². The number of halogens is 2. The van der Waals surface area contributed by atoms with Crippen molar-refractivity contribution in [3.8, 4) is 56.5 Å². The quantitative estimate of drug-likeness (QED) is 0.0767. The molecule has 0 aliphatic carbocycles. The van der Waals surface area contributed by atoms with Gasteiger partial charge in [0.1, 0.15) is 34.2 Å². The van der Waals surface area contributed by atoms with Gasteiger partial charge in [0, 0.05) is 76.6 Å². The lowest BCUT2D eigenvalue weighted by Crippen LogP contribution is -2.37. The molecule has 0 saturated carbocycles. The van der Waals surface area contributed by atoms with E-state index >= 15 is 8.78 Å². The lowest BCUT2D eigenvalue weighted by Gasteiger charge is -2.29. The molecular weight excluding hydrogens is 1170 g/mol. The van der Waals surface area contributed by atoms with E-state index in [0.29, 0.717) is 140 Å². The number of benzene rings is 6. The van der Waals surface area contributed by atoms with Gasteiger partial charge >= 0.3 is 0 Å². The molecule has 3 aliphatic heterocycles. The molecule has 21 nitrogen and oxygen atoms in total. The second kappa shape index (κ2) is 25.6. The highest BCUT2D eigenvalue weighted by Crippen LogP contribution is 2.43. The fraction of sp³-hybridized carbons (Fsp3) is 0.333. The number of aromatic amines is 1. The topological polar surface area (TPSA) is 243 Å². The summed E-state index contributed by atoms with van der Waals surface area (Å²) in [5.74, 6) is 1.69. The van der Waals surface area contributed by atoms with Crippen molar-refractivity contribution in [3.05, 3.63) is 121 Å². The van der Waals surface area contributed by atoms with Crippen molar-refractivity contribution >= 4 is 86.7 Å². The van der Waals surface area contributed by atoms with E-state index in [0.717, 1.165) is 52.2 Å². The Labute approximate surface area is 507 Å². The normalized spacial score (nSPS) is 15.8. The molecule has 458 valence electrons. The van der Waals surface area contributed by atoms with Crippen molar-refractivity contribution < 1.29 is 49.3 Å². The van der Waals surface area contributed by atoms with E-state index < -0.39 is 31.7 Å². The van der Waals surface area contributed by atoms with E-state index in [9.17, 15) is 16.8 Å². The first-order valence-corrected chi connectivity index (χ1v) is 32.6. The van der Waals surface area contributed by atoms with Crippen molar-refractivity contribution in [2.75, 3.05) is 104 Å². The summed E-state index contributed by atoms with van der Waals surface area (Å²) >= 11 is 0. The van der Waals surface area contributed by atoms with Crippen LogP contribution in [0.2, 0.25) is 0 Å². The summed E-state index contributed by atoms with van der Waals surface area (Å²) < 4.78 is 117. The van der Waals surface area contributed by atoms with E-state index in [2.05, 4.69) is 29.4 Å². The van der Waals surface area contributed by atoms with Crippen LogP contribution < -0.4 is 28.7 Å². The molecule has 13 rings (SSSR count). The van der Waals surface area contributed by atoms with Crippen LogP contribution in [0, 0.1) is 11.6 Å². The van der Waals surface area contributed by atoms with Gasteiger partial charge < -0.3 is 33.5 Å². The standard InChI is InChI=1S/C34H37FN6O5S.C29H29FN6O4S/c1-3-18-47(42,43)39-27-10-6-8-23(31(27)35)22-19-25-32(29(20-22)44-2)37-33(38-34(25)40-13-16-45-17-14-40)24-9-7-11-28-26(24)21-36-41(28)30-12-4-5-15-46-30;1-3-14-41(37,38)35-24-9-4-6-19(26(24)30)18-15-21-27(25(16-18)39-2)32-28(33-29(21)36-10-12-40-13-11-36)20-7-5-8-23-22(20)17-31-34-23/h6-11,19-21,30,39H,3-5,12-18H2,1-2H3;4-9,15-17,35H,3,10-14H2,1-2H3,(H,31,34). The van der Waals surface area contributed by atoms with Crippen LogP contribution in [-0.4, -0.2) is 142 Å². The number of ether oxygens (including phenoxy) is 5. The summed E-state index contributed by atoms with van der Waals surface area (Å²) in [7, 11) is -4.28. The second-order valence-corrected chi connectivity index (χ2v) is 25.2. The number of aromatic nitrogens is 8. The number of sulfonamides is 2. The molecule has 1 unspecified atom stereocenters. The second-order valence-electron chi connectivity index (χ2n) is 21.6. The van der Waals surface area contributed by atoms with Crippen molar-refractivity contribution in [3.63, 3.8) is 0 Å². The van der Waals surface area contributed by atoms with E-state index in [1.807, 2.05) is 59.4 Å². The summed E-state index contributed by atoms with van der Waals surface area (Å²) in [5.41, 5.74) is 5.84. The van der Waals surface area contributed by atoms with Crippen LogP contribution in [0.4, 0.5) is 31.8 Å².